The molecule has 1 aliphatic heterocycles. The van der Waals surface area contributed by atoms with E-state index in [-0.39, 0.29) is 6.04 Å². The van der Waals surface area contributed by atoms with E-state index >= 15 is 0 Å². The highest BCUT2D eigenvalue weighted by molar-refractivity contribution is 4.87. The molecule has 1 heterocycles. The number of nitrogens with zero attached hydrogens (tertiary/aromatic N) is 2. The van der Waals surface area contributed by atoms with Gasteiger partial charge < -0.3 is 10.6 Å². The lowest BCUT2D eigenvalue weighted by atomic mass is 10.2. The van der Waals surface area contributed by atoms with Gasteiger partial charge in [0.1, 0.15) is 0 Å². The fraction of sp³-hybridized carbons (Fsp3) is 0.889. The van der Waals surface area contributed by atoms with Crippen molar-refractivity contribution >= 4 is 0 Å². The normalized spacial score (nSPS) is 26.9. The summed E-state index contributed by atoms with van der Waals surface area (Å²) in [6.45, 7) is 5.61. The van der Waals surface area contributed by atoms with E-state index in [9.17, 15) is 0 Å². The Bertz CT molecular complexity index is 173. The Kier molecular flexibility index (Phi) is 3.51. The van der Waals surface area contributed by atoms with Gasteiger partial charge in [0.25, 0.3) is 0 Å². The second kappa shape index (κ2) is 4.44. The van der Waals surface area contributed by atoms with Gasteiger partial charge in [-0.05, 0) is 25.3 Å². The topological polar surface area (TPSA) is 53.0 Å². The molecule has 3 nitrogen and oxygen atoms in total. The SMILES string of the molecule is CC1CCN(CCC(N)C#N)C1. The molecule has 2 unspecified atom stereocenters. The van der Waals surface area contributed by atoms with E-state index in [0.717, 1.165) is 18.9 Å². The predicted octanol–water partition coefficient (Wildman–Crippen LogP) is 0.569. The summed E-state index contributed by atoms with van der Waals surface area (Å²) < 4.78 is 0. The Balaban J connectivity index is 2.12. The first kappa shape index (κ1) is 9.50. The summed E-state index contributed by atoms with van der Waals surface area (Å²) >= 11 is 0. The van der Waals surface area contributed by atoms with E-state index in [0.29, 0.717) is 0 Å². The van der Waals surface area contributed by atoms with E-state index in [2.05, 4.69) is 17.9 Å². The van der Waals surface area contributed by atoms with Crippen molar-refractivity contribution in [2.24, 2.45) is 11.7 Å². The van der Waals surface area contributed by atoms with Gasteiger partial charge in [-0.3, -0.25) is 0 Å². The molecule has 12 heavy (non-hydrogen) atoms. The molecule has 1 fully saturated rings. The van der Waals surface area contributed by atoms with Crippen molar-refractivity contribution < 1.29 is 0 Å². The van der Waals surface area contributed by atoms with E-state index < -0.39 is 0 Å². The lowest BCUT2D eigenvalue weighted by Crippen LogP contribution is -2.28. The van der Waals surface area contributed by atoms with Gasteiger partial charge >= 0.3 is 0 Å². The Hall–Kier alpha value is -0.590. The van der Waals surface area contributed by atoms with Gasteiger partial charge in [-0.15, -0.1) is 0 Å². The van der Waals surface area contributed by atoms with Gasteiger partial charge in [-0.25, -0.2) is 0 Å². The number of likely N-dealkylation sites (tertiary alicyclic amines) is 1. The van der Waals surface area contributed by atoms with Crippen LogP contribution in [-0.4, -0.2) is 30.6 Å². The molecule has 0 bridgehead atoms. The van der Waals surface area contributed by atoms with Gasteiger partial charge in [-0.1, -0.05) is 6.92 Å². The number of nitriles is 1. The fourth-order valence-corrected chi connectivity index (χ4v) is 1.62. The first-order valence-corrected chi connectivity index (χ1v) is 4.60. The van der Waals surface area contributed by atoms with Crippen molar-refractivity contribution in [1.82, 2.24) is 4.90 Å². The van der Waals surface area contributed by atoms with E-state index in [1.807, 2.05) is 0 Å². The summed E-state index contributed by atoms with van der Waals surface area (Å²) in [5.74, 6) is 0.823. The molecule has 0 saturated carbocycles. The molecular weight excluding hydrogens is 150 g/mol. The van der Waals surface area contributed by atoms with Gasteiger partial charge in [0.15, 0.2) is 0 Å². The van der Waals surface area contributed by atoms with Crippen LogP contribution < -0.4 is 5.73 Å². The highest BCUT2D eigenvalue weighted by Crippen LogP contribution is 2.14. The van der Waals surface area contributed by atoms with E-state index in [1.54, 1.807) is 0 Å². The number of rotatable bonds is 3. The standard InChI is InChI=1S/C9H17N3/c1-8-2-4-12(7-8)5-3-9(11)6-10/h8-9H,2-5,7,11H2,1H3. The number of hydrogen-bond donors (Lipinski definition) is 1. The molecule has 0 amide bonds. The largest absolute Gasteiger partial charge is 0.316 e. The van der Waals surface area contributed by atoms with Gasteiger partial charge in [-0.2, -0.15) is 5.26 Å². The zero-order chi connectivity index (χ0) is 8.97. The lowest BCUT2D eigenvalue weighted by Gasteiger charge is -2.15. The third-order valence-corrected chi connectivity index (χ3v) is 2.43. The molecule has 0 aromatic carbocycles. The van der Waals surface area contributed by atoms with Crippen LogP contribution >= 0.6 is 0 Å². The third kappa shape index (κ3) is 2.80. The first-order valence-electron chi connectivity index (χ1n) is 4.60. The van der Waals surface area contributed by atoms with E-state index in [4.69, 9.17) is 11.0 Å². The number of hydrogen-bond acceptors (Lipinski definition) is 3. The van der Waals surface area contributed by atoms with Crippen LogP contribution in [0.1, 0.15) is 19.8 Å². The fourth-order valence-electron chi connectivity index (χ4n) is 1.62. The Morgan fingerprint density at radius 2 is 2.50 bits per heavy atom. The van der Waals surface area contributed by atoms with Crippen LogP contribution in [-0.2, 0) is 0 Å². The minimum absolute atomic E-state index is 0.277. The van der Waals surface area contributed by atoms with Crippen LogP contribution in [0.25, 0.3) is 0 Å². The highest BCUT2D eigenvalue weighted by Gasteiger charge is 2.18. The molecule has 2 atom stereocenters. The molecule has 0 spiro atoms. The molecule has 1 rings (SSSR count). The van der Waals surface area contributed by atoms with Gasteiger partial charge in [0, 0.05) is 13.1 Å². The second-order valence-corrected chi connectivity index (χ2v) is 3.72. The second-order valence-electron chi connectivity index (χ2n) is 3.72. The van der Waals surface area contributed by atoms with Gasteiger partial charge in [0.2, 0.25) is 0 Å². The maximum absolute atomic E-state index is 8.47. The molecule has 0 radical (unpaired) electrons. The molecule has 3 heteroatoms. The van der Waals surface area contributed by atoms with Gasteiger partial charge in [0.05, 0.1) is 12.1 Å². The Morgan fingerprint density at radius 1 is 1.75 bits per heavy atom. The smallest absolute Gasteiger partial charge is 0.0940 e. The van der Waals surface area contributed by atoms with Crippen LogP contribution in [0, 0.1) is 17.2 Å². The Morgan fingerprint density at radius 3 is 3.00 bits per heavy atom. The molecule has 0 aromatic heterocycles. The molecule has 0 aliphatic carbocycles. The van der Waals surface area contributed by atoms with Crippen LogP contribution in [0.15, 0.2) is 0 Å². The summed E-state index contributed by atoms with van der Waals surface area (Å²) in [4.78, 5) is 2.39. The molecular formula is C9H17N3. The van der Waals surface area contributed by atoms with Crippen molar-refractivity contribution in [2.45, 2.75) is 25.8 Å². The zero-order valence-electron chi connectivity index (χ0n) is 7.66. The molecule has 1 saturated heterocycles. The molecule has 0 aromatic rings. The van der Waals surface area contributed by atoms with Crippen LogP contribution in [0.2, 0.25) is 0 Å². The monoisotopic (exact) mass is 167 g/mol. The van der Waals surface area contributed by atoms with E-state index in [1.165, 1.54) is 19.5 Å². The van der Waals surface area contributed by atoms with Crippen molar-refractivity contribution in [3.8, 4) is 6.07 Å². The molecule has 68 valence electrons. The summed E-state index contributed by atoms with van der Waals surface area (Å²) in [5, 5.41) is 8.47. The first-order chi connectivity index (χ1) is 5.72. The lowest BCUT2D eigenvalue weighted by molar-refractivity contribution is 0.319. The highest BCUT2D eigenvalue weighted by atomic mass is 15.1. The zero-order valence-corrected chi connectivity index (χ0v) is 7.66. The average molecular weight is 167 g/mol. The van der Waals surface area contributed by atoms with Crippen molar-refractivity contribution in [3.63, 3.8) is 0 Å². The average Bonchev–Trinajstić information content (AvgIpc) is 2.47. The van der Waals surface area contributed by atoms with Crippen molar-refractivity contribution in [1.29, 1.82) is 5.26 Å². The molecule has 2 N–H and O–H groups in total. The summed E-state index contributed by atoms with van der Waals surface area (Å²) in [5.41, 5.74) is 5.50. The quantitative estimate of drug-likeness (QED) is 0.668. The van der Waals surface area contributed by atoms with Crippen molar-refractivity contribution in [3.05, 3.63) is 0 Å². The minimum atomic E-state index is -0.277. The summed E-state index contributed by atoms with van der Waals surface area (Å²) in [6.07, 6.45) is 2.10. The predicted molar refractivity (Wildman–Crippen MR) is 48.4 cm³/mol. The van der Waals surface area contributed by atoms with Crippen LogP contribution in [0.4, 0.5) is 0 Å². The number of nitrogens with two attached hydrogens (primary N) is 1. The minimum Gasteiger partial charge on any atom is -0.316 e. The third-order valence-electron chi connectivity index (χ3n) is 2.43. The van der Waals surface area contributed by atoms with Crippen LogP contribution in [0.3, 0.4) is 0 Å². The van der Waals surface area contributed by atoms with Crippen LogP contribution in [0.5, 0.6) is 0 Å². The van der Waals surface area contributed by atoms with Crippen molar-refractivity contribution in [2.75, 3.05) is 19.6 Å². The summed E-state index contributed by atoms with van der Waals surface area (Å²) in [6, 6.07) is 1.77. The maximum Gasteiger partial charge on any atom is 0.0940 e. The molecule has 1 aliphatic rings. The summed E-state index contributed by atoms with van der Waals surface area (Å²) in [7, 11) is 0. The Labute approximate surface area is 74.1 Å². The maximum atomic E-state index is 8.47.